The van der Waals surface area contributed by atoms with Crippen LogP contribution in [0, 0.1) is 0 Å². The van der Waals surface area contributed by atoms with Gasteiger partial charge in [0.25, 0.3) is 5.56 Å². The molecule has 0 aliphatic carbocycles. The summed E-state index contributed by atoms with van der Waals surface area (Å²) in [5.74, 6) is -0.150. The first-order valence-electron chi connectivity index (χ1n) is 8.94. The molecule has 6 heteroatoms. The highest BCUT2D eigenvalue weighted by atomic mass is 16.2. The number of fused-ring (bicyclic) bond motifs is 1. The van der Waals surface area contributed by atoms with Crippen LogP contribution in [-0.4, -0.2) is 45.5 Å². The average molecular weight is 342 g/mol. The van der Waals surface area contributed by atoms with Gasteiger partial charge in [0.1, 0.15) is 6.54 Å². The molecule has 0 saturated carbocycles. The van der Waals surface area contributed by atoms with E-state index in [1.807, 2.05) is 24.3 Å². The molecule has 1 fully saturated rings. The number of carbonyl (C=O) groups excluding carboxylic acids is 1. The van der Waals surface area contributed by atoms with Gasteiger partial charge >= 0.3 is 0 Å². The van der Waals surface area contributed by atoms with Gasteiger partial charge in [-0.15, -0.1) is 0 Å². The molecule has 1 aromatic carbocycles. The van der Waals surface area contributed by atoms with Crippen molar-refractivity contribution in [2.75, 3.05) is 19.6 Å². The lowest BCUT2D eigenvalue weighted by atomic mass is 9.98. The van der Waals surface area contributed by atoms with Crippen LogP contribution in [0.5, 0.6) is 0 Å². The topological polar surface area (TPSA) is 67.2 Å². The second-order valence-electron chi connectivity index (χ2n) is 7.31. The van der Waals surface area contributed by atoms with Crippen LogP contribution < -0.4 is 10.9 Å². The third kappa shape index (κ3) is 4.07. The fraction of sp³-hybridized carbons (Fsp3) is 0.526. The van der Waals surface area contributed by atoms with Crippen molar-refractivity contribution >= 4 is 16.9 Å². The Balaban J connectivity index is 1.67. The maximum Gasteiger partial charge on any atom is 0.269 e. The molecule has 6 nitrogen and oxygen atoms in total. The Morgan fingerprint density at radius 2 is 1.92 bits per heavy atom. The Morgan fingerprint density at radius 1 is 1.20 bits per heavy atom. The molecule has 3 rings (SSSR count). The Bertz CT molecular complexity index is 806. The highest BCUT2D eigenvalue weighted by Crippen LogP contribution is 2.19. The van der Waals surface area contributed by atoms with E-state index in [1.165, 1.54) is 30.0 Å². The number of carbonyl (C=O) groups is 1. The van der Waals surface area contributed by atoms with Crippen LogP contribution in [0.15, 0.2) is 35.3 Å². The Kier molecular flexibility index (Phi) is 5.18. The number of benzene rings is 1. The Labute approximate surface area is 147 Å². The van der Waals surface area contributed by atoms with Crippen molar-refractivity contribution < 1.29 is 4.79 Å². The molecule has 1 amide bonds. The summed E-state index contributed by atoms with van der Waals surface area (Å²) in [6.45, 7) is 7.06. The van der Waals surface area contributed by atoms with Crippen molar-refractivity contribution in [2.45, 2.75) is 45.2 Å². The van der Waals surface area contributed by atoms with Gasteiger partial charge in [-0.05, 0) is 51.9 Å². The second kappa shape index (κ2) is 7.35. The Hall–Kier alpha value is -2.21. The molecular weight excluding hydrogens is 316 g/mol. The molecule has 0 atom stereocenters. The number of hydrogen-bond donors (Lipinski definition) is 1. The zero-order valence-corrected chi connectivity index (χ0v) is 15.0. The average Bonchev–Trinajstić information content (AvgIpc) is 2.63. The number of nitrogens with zero attached hydrogens (tertiary/aromatic N) is 3. The summed E-state index contributed by atoms with van der Waals surface area (Å²) in [6, 6.07) is 7.36. The van der Waals surface area contributed by atoms with Gasteiger partial charge in [-0.1, -0.05) is 18.6 Å². The first kappa shape index (κ1) is 17.6. The van der Waals surface area contributed by atoms with Gasteiger partial charge in [-0.3, -0.25) is 19.1 Å². The fourth-order valence-corrected chi connectivity index (χ4v) is 3.40. The summed E-state index contributed by atoms with van der Waals surface area (Å²) >= 11 is 0. The van der Waals surface area contributed by atoms with E-state index in [2.05, 4.69) is 29.0 Å². The number of nitrogens with one attached hydrogen (secondary N) is 1. The van der Waals surface area contributed by atoms with Crippen molar-refractivity contribution in [3.8, 4) is 0 Å². The largest absolute Gasteiger partial charge is 0.353 e. The molecule has 0 radical (unpaired) electrons. The van der Waals surface area contributed by atoms with E-state index < -0.39 is 0 Å². The van der Waals surface area contributed by atoms with Gasteiger partial charge in [0, 0.05) is 12.1 Å². The molecule has 2 heterocycles. The Morgan fingerprint density at radius 3 is 2.68 bits per heavy atom. The van der Waals surface area contributed by atoms with Crippen molar-refractivity contribution in [2.24, 2.45) is 0 Å². The third-order valence-electron chi connectivity index (χ3n) is 4.98. The quantitative estimate of drug-likeness (QED) is 0.899. The van der Waals surface area contributed by atoms with Crippen molar-refractivity contribution in [3.63, 3.8) is 0 Å². The smallest absolute Gasteiger partial charge is 0.269 e. The van der Waals surface area contributed by atoms with Gasteiger partial charge < -0.3 is 5.32 Å². The number of aromatic nitrogens is 2. The van der Waals surface area contributed by atoms with Crippen LogP contribution in [-0.2, 0) is 11.3 Å². The number of hydrogen-bond acceptors (Lipinski definition) is 4. The molecule has 1 saturated heterocycles. The molecule has 1 aromatic heterocycles. The van der Waals surface area contributed by atoms with Crippen molar-refractivity contribution in [3.05, 3.63) is 40.8 Å². The van der Waals surface area contributed by atoms with Crippen LogP contribution in [0.2, 0.25) is 0 Å². The maximum absolute atomic E-state index is 12.4. The summed E-state index contributed by atoms with van der Waals surface area (Å²) in [5.41, 5.74) is 1.05. The van der Waals surface area contributed by atoms with E-state index in [-0.39, 0.29) is 23.6 Å². The highest BCUT2D eigenvalue weighted by molar-refractivity contribution is 5.79. The van der Waals surface area contributed by atoms with Gasteiger partial charge in [-0.25, -0.2) is 4.98 Å². The zero-order valence-electron chi connectivity index (χ0n) is 15.0. The van der Waals surface area contributed by atoms with Crippen LogP contribution in [0.4, 0.5) is 0 Å². The molecule has 1 aliphatic rings. The van der Waals surface area contributed by atoms with Gasteiger partial charge in [0.05, 0.1) is 17.2 Å². The molecule has 2 aromatic rings. The van der Waals surface area contributed by atoms with E-state index in [0.29, 0.717) is 17.6 Å². The van der Waals surface area contributed by atoms with E-state index >= 15 is 0 Å². The summed E-state index contributed by atoms with van der Waals surface area (Å²) in [6.07, 6.45) is 5.00. The molecule has 0 bridgehead atoms. The first-order chi connectivity index (χ1) is 12.0. The predicted molar refractivity (Wildman–Crippen MR) is 98.5 cm³/mol. The molecule has 1 N–H and O–H groups in total. The zero-order chi connectivity index (χ0) is 17.9. The lowest BCUT2D eigenvalue weighted by Crippen LogP contribution is -2.53. The second-order valence-corrected chi connectivity index (χ2v) is 7.31. The maximum atomic E-state index is 12.4. The number of para-hydroxylation sites is 2. The van der Waals surface area contributed by atoms with Crippen LogP contribution in [0.1, 0.15) is 33.1 Å². The van der Waals surface area contributed by atoms with Crippen LogP contribution >= 0.6 is 0 Å². The number of rotatable bonds is 5. The lowest BCUT2D eigenvalue weighted by Gasteiger charge is -2.41. The normalized spacial score (nSPS) is 16.1. The molecule has 25 heavy (non-hydrogen) atoms. The minimum atomic E-state index is -0.260. The van der Waals surface area contributed by atoms with Gasteiger partial charge in [0.2, 0.25) is 5.91 Å². The predicted octanol–water partition coefficient (Wildman–Crippen LogP) is 1.78. The number of likely N-dealkylation sites (tertiary alicyclic amines) is 1. The van der Waals surface area contributed by atoms with Crippen molar-refractivity contribution in [1.82, 2.24) is 19.8 Å². The number of piperidine rings is 1. The SMILES string of the molecule is CC(C)(CNC(=O)Cn1c(=O)cnc2ccccc21)N1CCCCC1. The monoisotopic (exact) mass is 342 g/mol. The minimum Gasteiger partial charge on any atom is -0.353 e. The molecule has 134 valence electrons. The van der Waals surface area contributed by atoms with E-state index in [1.54, 1.807) is 0 Å². The summed E-state index contributed by atoms with van der Waals surface area (Å²) in [4.78, 5) is 31.1. The molecule has 1 aliphatic heterocycles. The summed E-state index contributed by atoms with van der Waals surface area (Å²) in [7, 11) is 0. The van der Waals surface area contributed by atoms with Crippen LogP contribution in [0.3, 0.4) is 0 Å². The van der Waals surface area contributed by atoms with Gasteiger partial charge in [-0.2, -0.15) is 0 Å². The minimum absolute atomic E-state index is 0.0119. The highest BCUT2D eigenvalue weighted by Gasteiger charge is 2.28. The van der Waals surface area contributed by atoms with Crippen LogP contribution in [0.25, 0.3) is 11.0 Å². The fourth-order valence-electron chi connectivity index (χ4n) is 3.40. The molecule has 0 spiro atoms. The molecular formula is C19H26N4O2. The first-order valence-corrected chi connectivity index (χ1v) is 8.94. The number of amides is 1. The van der Waals surface area contributed by atoms with E-state index in [4.69, 9.17) is 0 Å². The van der Waals surface area contributed by atoms with Crippen molar-refractivity contribution in [1.29, 1.82) is 0 Å². The van der Waals surface area contributed by atoms with Gasteiger partial charge in [0.15, 0.2) is 0 Å². The standard InChI is InChI=1S/C19H26N4O2/c1-19(2,22-10-6-3-7-11-22)14-21-17(24)13-23-16-9-5-4-8-15(16)20-12-18(23)25/h4-5,8-9,12H,3,6-7,10-11,13-14H2,1-2H3,(H,21,24). The summed E-state index contributed by atoms with van der Waals surface area (Å²) < 4.78 is 1.48. The molecule has 0 unspecified atom stereocenters. The van der Waals surface area contributed by atoms with E-state index in [9.17, 15) is 9.59 Å². The summed E-state index contributed by atoms with van der Waals surface area (Å²) in [5, 5.41) is 3.00. The van der Waals surface area contributed by atoms with E-state index in [0.717, 1.165) is 13.1 Å². The third-order valence-corrected chi connectivity index (χ3v) is 4.98. The lowest BCUT2D eigenvalue weighted by molar-refractivity contribution is -0.122.